The van der Waals surface area contributed by atoms with Gasteiger partial charge in [0, 0.05) is 15.7 Å². The smallest absolute Gasteiger partial charge is 0.295 e. The Kier molecular flexibility index (Phi) is 7.14. The first kappa shape index (κ1) is 22.3. The summed E-state index contributed by atoms with van der Waals surface area (Å²) in [5.74, 6) is -0.874. The molecule has 2 aromatic carbocycles. The van der Waals surface area contributed by atoms with Crippen molar-refractivity contribution >= 4 is 40.0 Å². The van der Waals surface area contributed by atoms with Crippen LogP contribution in [-0.4, -0.2) is 60.9 Å². The van der Waals surface area contributed by atoms with Crippen LogP contribution in [-0.2, 0) is 9.59 Å². The van der Waals surface area contributed by atoms with E-state index in [4.69, 9.17) is 4.74 Å². The molecular formula is C23H25IN2O4. The van der Waals surface area contributed by atoms with Crippen molar-refractivity contribution < 1.29 is 19.4 Å². The van der Waals surface area contributed by atoms with Gasteiger partial charge < -0.3 is 19.6 Å². The van der Waals surface area contributed by atoms with Gasteiger partial charge in [-0.05, 0) is 79.5 Å². The summed E-state index contributed by atoms with van der Waals surface area (Å²) in [4.78, 5) is 29.5. The number of aliphatic hydroxyl groups excluding tert-OH is 1. The van der Waals surface area contributed by atoms with Gasteiger partial charge in [0.15, 0.2) is 0 Å². The number of carbonyl (C=O) groups excluding carboxylic acids is 2. The Morgan fingerprint density at radius 3 is 2.50 bits per heavy atom. The van der Waals surface area contributed by atoms with Crippen molar-refractivity contribution in [2.24, 2.45) is 0 Å². The number of Topliss-reactive ketones (excluding diaryl/α,β-unsaturated/α-hetero) is 1. The Morgan fingerprint density at radius 1 is 1.17 bits per heavy atom. The zero-order valence-electron chi connectivity index (χ0n) is 17.3. The molecule has 6 nitrogen and oxygen atoms in total. The van der Waals surface area contributed by atoms with E-state index in [1.807, 2.05) is 43.3 Å². The van der Waals surface area contributed by atoms with Gasteiger partial charge in [0.2, 0.25) is 0 Å². The summed E-state index contributed by atoms with van der Waals surface area (Å²) in [6.07, 6.45) is 0.722. The van der Waals surface area contributed by atoms with Crippen LogP contribution in [0.1, 0.15) is 23.6 Å². The summed E-state index contributed by atoms with van der Waals surface area (Å²) >= 11 is 2.21. The van der Waals surface area contributed by atoms with Crippen molar-refractivity contribution in [1.29, 1.82) is 0 Å². The standard InChI is InChI=1S/C23H25IN2O4/c1-25(2)12-5-13-26-20(15-8-10-17(24)11-9-15)19(22(28)23(26)29)21(27)16-6-4-7-18(14-16)30-3/h4,6-11,14,20,27H,5,12-13H2,1-3H3/b21-19+. The molecule has 0 spiro atoms. The molecule has 158 valence electrons. The summed E-state index contributed by atoms with van der Waals surface area (Å²) in [7, 11) is 5.47. The molecule has 1 amide bonds. The average molecular weight is 520 g/mol. The first-order chi connectivity index (χ1) is 14.3. The minimum Gasteiger partial charge on any atom is -0.507 e. The van der Waals surface area contributed by atoms with Crippen LogP contribution in [0.5, 0.6) is 5.75 Å². The van der Waals surface area contributed by atoms with E-state index >= 15 is 0 Å². The first-order valence-corrected chi connectivity index (χ1v) is 10.7. The van der Waals surface area contributed by atoms with Crippen LogP contribution in [0.4, 0.5) is 0 Å². The van der Waals surface area contributed by atoms with Gasteiger partial charge in [0.25, 0.3) is 11.7 Å². The van der Waals surface area contributed by atoms with E-state index in [9.17, 15) is 14.7 Å². The van der Waals surface area contributed by atoms with Gasteiger partial charge in [-0.1, -0.05) is 24.3 Å². The van der Waals surface area contributed by atoms with Crippen LogP contribution in [0, 0.1) is 3.57 Å². The number of methoxy groups -OCH3 is 1. The average Bonchev–Trinajstić information content (AvgIpc) is 2.98. The molecule has 1 heterocycles. The number of nitrogens with zero attached hydrogens (tertiary/aromatic N) is 2. The van der Waals surface area contributed by atoms with Crippen molar-refractivity contribution in [2.75, 3.05) is 34.3 Å². The molecule has 1 aliphatic heterocycles. The van der Waals surface area contributed by atoms with E-state index in [1.165, 1.54) is 7.11 Å². The lowest BCUT2D eigenvalue weighted by molar-refractivity contribution is -0.139. The Bertz CT molecular complexity index is 969. The van der Waals surface area contributed by atoms with Crippen LogP contribution in [0.25, 0.3) is 5.76 Å². The van der Waals surface area contributed by atoms with E-state index in [0.29, 0.717) is 17.9 Å². The molecule has 0 saturated carbocycles. The molecule has 0 aliphatic carbocycles. The summed E-state index contributed by atoms with van der Waals surface area (Å²) in [6, 6.07) is 13.9. The third-order valence-electron chi connectivity index (χ3n) is 5.07. The Balaban J connectivity index is 2.09. The van der Waals surface area contributed by atoms with Gasteiger partial charge in [-0.25, -0.2) is 0 Å². The Hall–Kier alpha value is -2.39. The molecule has 0 radical (unpaired) electrons. The number of halogens is 1. The molecular weight excluding hydrogens is 495 g/mol. The first-order valence-electron chi connectivity index (χ1n) is 9.66. The molecule has 7 heteroatoms. The molecule has 1 aliphatic rings. The number of benzene rings is 2. The molecule has 0 bridgehead atoms. The number of carbonyl (C=O) groups is 2. The number of likely N-dealkylation sites (tertiary alicyclic amines) is 1. The highest BCUT2D eigenvalue weighted by Gasteiger charge is 2.45. The van der Waals surface area contributed by atoms with Crippen LogP contribution < -0.4 is 4.74 Å². The number of hydrogen-bond acceptors (Lipinski definition) is 5. The molecule has 1 unspecified atom stereocenters. The van der Waals surface area contributed by atoms with Crippen molar-refractivity contribution in [2.45, 2.75) is 12.5 Å². The Labute approximate surface area is 190 Å². The lowest BCUT2D eigenvalue weighted by atomic mass is 9.95. The molecule has 1 atom stereocenters. The number of ether oxygens (including phenoxy) is 1. The SMILES string of the molecule is COc1cccc(/C(O)=C2\C(=O)C(=O)N(CCCN(C)C)C2c2ccc(I)cc2)c1. The maximum absolute atomic E-state index is 13.0. The fourth-order valence-electron chi connectivity index (χ4n) is 3.59. The molecule has 1 fully saturated rings. The number of ketones is 1. The quantitative estimate of drug-likeness (QED) is 0.261. The molecule has 3 rings (SSSR count). The summed E-state index contributed by atoms with van der Waals surface area (Å²) in [5.41, 5.74) is 1.35. The summed E-state index contributed by atoms with van der Waals surface area (Å²) in [6.45, 7) is 1.21. The van der Waals surface area contributed by atoms with E-state index in [1.54, 1.807) is 29.2 Å². The number of amides is 1. The minimum absolute atomic E-state index is 0.110. The van der Waals surface area contributed by atoms with Crippen molar-refractivity contribution in [3.8, 4) is 5.75 Å². The predicted octanol–water partition coefficient (Wildman–Crippen LogP) is 3.67. The fourth-order valence-corrected chi connectivity index (χ4v) is 3.95. The predicted molar refractivity (Wildman–Crippen MR) is 124 cm³/mol. The summed E-state index contributed by atoms with van der Waals surface area (Å²) in [5, 5.41) is 11.1. The zero-order valence-corrected chi connectivity index (χ0v) is 19.4. The van der Waals surface area contributed by atoms with Gasteiger partial charge in [-0.3, -0.25) is 9.59 Å². The van der Waals surface area contributed by atoms with Gasteiger partial charge in [-0.15, -0.1) is 0 Å². The monoisotopic (exact) mass is 520 g/mol. The van der Waals surface area contributed by atoms with E-state index in [-0.39, 0.29) is 11.3 Å². The van der Waals surface area contributed by atoms with Crippen LogP contribution in [0.15, 0.2) is 54.1 Å². The largest absolute Gasteiger partial charge is 0.507 e. The van der Waals surface area contributed by atoms with Crippen LogP contribution in [0.3, 0.4) is 0 Å². The number of aliphatic hydroxyl groups is 1. The molecule has 30 heavy (non-hydrogen) atoms. The third-order valence-corrected chi connectivity index (χ3v) is 5.79. The second-order valence-corrected chi connectivity index (χ2v) is 8.68. The maximum Gasteiger partial charge on any atom is 0.295 e. The van der Waals surface area contributed by atoms with Crippen molar-refractivity contribution in [3.63, 3.8) is 0 Å². The number of hydrogen-bond donors (Lipinski definition) is 1. The minimum atomic E-state index is -0.663. The van der Waals surface area contributed by atoms with E-state index in [0.717, 1.165) is 22.1 Å². The second kappa shape index (κ2) is 9.61. The fraction of sp³-hybridized carbons (Fsp3) is 0.304. The van der Waals surface area contributed by atoms with Gasteiger partial charge in [0.1, 0.15) is 11.5 Å². The van der Waals surface area contributed by atoms with Crippen LogP contribution in [0.2, 0.25) is 0 Å². The second-order valence-electron chi connectivity index (χ2n) is 7.43. The molecule has 0 aromatic heterocycles. The third kappa shape index (κ3) is 4.67. The molecule has 1 saturated heterocycles. The van der Waals surface area contributed by atoms with Gasteiger partial charge in [-0.2, -0.15) is 0 Å². The van der Waals surface area contributed by atoms with E-state index < -0.39 is 17.7 Å². The van der Waals surface area contributed by atoms with Gasteiger partial charge >= 0.3 is 0 Å². The zero-order chi connectivity index (χ0) is 21.8. The number of rotatable bonds is 7. The Morgan fingerprint density at radius 2 is 1.87 bits per heavy atom. The highest BCUT2D eigenvalue weighted by atomic mass is 127. The van der Waals surface area contributed by atoms with Crippen LogP contribution >= 0.6 is 22.6 Å². The summed E-state index contributed by atoms with van der Waals surface area (Å²) < 4.78 is 6.29. The van der Waals surface area contributed by atoms with E-state index in [2.05, 4.69) is 22.6 Å². The maximum atomic E-state index is 13.0. The molecule has 1 N–H and O–H groups in total. The lowest BCUT2D eigenvalue weighted by Crippen LogP contribution is -2.32. The highest BCUT2D eigenvalue weighted by Crippen LogP contribution is 2.39. The van der Waals surface area contributed by atoms with Crippen molar-refractivity contribution in [3.05, 3.63) is 68.8 Å². The molecule has 2 aromatic rings. The topological polar surface area (TPSA) is 70.1 Å². The van der Waals surface area contributed by atoms with Crippen molar-refractivity contribution in [1.82, 2.24) is 9.80 Å². The van der Waals surface area contributed by atoms with Gasteiger partial charge in [0.05, 0.1) is 18.7 Å². The lowest BCUT2D eigenvalue weighted by Gasteiger charge is -2.26. The normalized spacial score (nSPS) is 18.3. The highest BCUT2D eigenvalue weighted by molar-refractivity contribution is 14.1.